The highest BCUT2D eigenvalue weighted by Crippen LogP contribution is 2.56. The predicted molar refractivity (Wildman–Crippen MR) is 120 cm³/mol. The van der Waals surface area contributed by atoms with Gasteiger partial charge in [-0.3, -0.25) is 9.69 Å². The van der Waals surface area contributed by atoms with Gasteiger partial charge in [0.05, 0.1) is 16.6 Å². The predicted octanol–water partition coefficient (Wildman–Crippen LogP) is 5.83. The standard InChI is InChI=1S/C26H22F4N4O/c27-18-7-3-16(4-8-18)24(11-1-12-24)33-23-31-15-20-21(32-23)26(29,30)34(22(20)35)25(13-2-14-25)17-5-9-19(28)10-6-17/h3-10,15H,1-2,11-14H2,(H,31,32,33). The Hall–Kier alpha value is -3.49. The summed E-state index contributed by atoms with van der Waals surface area (Å²) >= 11 is 0. The van der Waals surface area contributed by atoms with E-state index in [1.165, 1.54) is 36.4 Å². The van der Waals surface area contributed by atoms with Gasteiger partial charge in [0, 0.05) is 6.20 Å². The molecule has 5 nitrogen and oxygen atoms in total. The first-order chi connectivity index (χ1) is 16.8. The molecule has 2 fully saturated rings. The maximum Gasteiger partial charge on any atom is 0.373 e. The lowest BCUT2D eigenvalue weighted by Gasteiger charge is -2.50. The van der Waals surface area contributed by atoms with Crippen molar-refractivity contribution in [2.75, 3.05) is 5.32 Å². The third kappa shape index (κ3) is 3.17. The Morgan fingerprint density at radius 1 is 0.829 bits per heavy atom. The topological polar surface area (TPSA) is 58.1 Å². The molecular formula is C26H22F4N4O. The largest absolute Gasteiger partial charge is 0.373 e. The maximum atomic E-state index is 15.9. The first kappa shape index (κ1) is 22.0. The molecule has 2 saturated carbocycles. The van der Waals surface area contributed by atoms with E-state index < -0.39 is 34.5 Å². The van der Waals surface area contributed by atoms with E-state index in [0.29, 0.717) is 42.6 Å². The molecule has 180 valence electrons. The number of anilines is 1. The van der Waals surface area contributed by atoms with Gasteiger partial charge in [0.1, 0.15) is 11.6 Å². The number of rotatable bonds is 5. The molecule has 0 atom stereocenters. The van der Waals surface area contributed by atoms with Crippen molar-refractivity contribution in [1.82, 2.24) is 14.9 Å². The lowest BCUT2D eigenvalue weighted by atomic mass is 9.70. The van der Waals surface area contributed by atoms with Gasteiger partial charge in [0.15, 0.2) is 5.69 Å². The second kappa shape index (κ2) is 7.50. The number of benzene rings is 2. The van der Waals surface area contributed by atoms with Crippen LogP contribution < -0.4 is 5.32 Å². The molecule has 1 N–H and O–H groups in total. The van der Waals surface area contributed by atoms with Gasteiger partial charge in [-0.25, -0.2) is 18.7 Å². The number of fused-ring (bicyclic) bond motifs is 1. The Labute approximate surface area is 199 Å². The number of carbonyl (C=O) groups is 1. The minimum atomic E-state index is -3.66. The first-order valence-corrected chi connectivity index (χ1v) is 11.7. The second-order valence-electron chi connectivity index (χ2n) is 9.60. The molecule has 1 aromatic heterocycles. The lowest BCUT2D eigenvalue weighted by molar-refractivity contribution is -0.187. The highest BCUT2D eigenvalue weighted by atomic mass is 19.3. The van der Waals surface area contributed by atoms with Gasteiger partial charge >= 0.3 is 6.05 Å². The molecule has 0 radical (unpaired) electrons. The number of carbonyl (C=O) groups excluding carboxylic acids is 1. The third-order valence-electron chi connectivity index (χ3n) is 7.73. The van der Waals surface area contributed by atoms with Crippen molar-refractivity contribution in [1.29, 1.82) is 0 Å². The number of amides is 1. The Balaban J connectivity index is 1.36. The van der Waals surface area contributed by atoms with E-state index in [-0.39, 0.29) is 17.3 Å². The fourth-order valence-electron chi connectivity index (χ4n) is 5.56. The van der Waals surface area contributed by atoms with E-state index in [9.17, 15) is 13.6 Å². The van der Waals surface area contributed by atoms with E-state index in [2.05, 4.69) is 15.3 Å². The Morgan fingerprint density at radius 3 is 1.91 bits per heavy atom. The SMILES string of the molecule is O=C1c2cnc(NC3(c4ccc(F)cc4)CCC3)nc2C(F)(F)N1C1(c2ccc(F)cc2)CCC1. The maximum absolute atomic E-state index is 15.9. The number of halogens is 4. The lowest BCUT2D eigenvalue weighted by Crippen LogP contribution is -2.56. The number of aromatic nitrogens is 2. The van der Waals surface area contributed by atoms with Crippen LogP contribution in [0.4, 0.5) is 23.5 Å². The Kier molecular flexibility index (Phi) is 4.72. The van der Waals surface area contributed by atoms with Crippen LogP contribution in [0.5, 0.6) is 0 Å². The van der Waals surface area contributed by atoms with Crippen molar-refractivity contribution in [2.45, 2.75) is 55.6 Å². The summed E-state index contributed by atoms with van der Waals surface area (Å²) in [6, 6.07) is 7.74. The highest BCUT2D eigenvalue weighted by Gasteiger charge is 2.63. The molecule has 0 unspecified atom stereocenters. The summed E-state index contributed by atoms with van der Waals surface area (Å²) in [6.07, 6.45) is 4.86. The molecule has 3 aliphatic rings. The summed E-state index contributed by atoms with van der Waals surface area (Å²) in [5, 5.41) is 3.18. The van der Waals surface area contributed by atoms with Gasteiger partial charge in [0.2, 0.25) is 5.95 Å². The zero-order valence-corrected chi connectivity index (χ0v) is 18.7. The molecule has 3 aromatic rings. The molecule has 2 heterocycles. The average molecular weight is 482 g/mol. The van der Waals surface area contributed by atoms with Crippen LogP contribution in [0, 0.1) is 11.6 Å². The monoisotopic (exact) mass is 482 g/mol. The van der Waals surface area contributed by atoms with Crippen molar-refractivity contribution in [2.24, 2.45) is 0 Å². The van der Waals surface area contributed by atoms with Crippen molar-refractivity contribution >= 4 is 11.9 Å². The molecule has 1 amide bonds. The Morgan fingerprint density at radius 2 is 1.40 bits per heavy atom. The van der Waals surface area contributed by atoms with Gasteiger partial charge in [-0.15, -0.1) is 0 Å². The smallest absolute Gasteiger partial charge is 0.345 e. The molecule has 35 heavy (non-hydrogen) atoms. The van der Waals surface area contributed by atoms with Crippen molar-refractivity contribution in [3.63, 3.8) is 0 Å². The molecule has 0 saturated heterocycles. The van der Waals surface area contributed by atoms with Gasteiger partial charge in [-0.05, 0) is 73.9 Å². The van der Waals surface area contributed by atoms with Gasteiger partial charge in [-0.2, -0.15) is 8.78 Å². The molecule has 0 bridgehead atoms. The molecule has 6 rings (SSSR count). The molecule has 2 aromatic carbocycles. The van der Waals surface area contributed by atoms with Crippen LogP contribution in [0.1, 0.15) is 65.7 Å². The van der Waals surface area contributed by atoms with E-state index in [0.717, 1.165) is 18.2 Å². The Bertz CT molecular complexity index is 1300. The normalized spacial score (nSPS) is 21.1. The molecular weight excluding hydrogens is 460 g/mol. The quantitative estimate of drug-likeness (QED) is 0.367. The number of alkyl halides is 2. The van der Waals surface area contributed by atoms with Gasteiger partial charge in [0.25, 0.3) is 5.91 Å². The number of hydrogen-bond acceptors (Lipinski definition) is 4. The number of nitrogens with one attached hydrogen (secondary N) is 1. The van der Waals surface area contributed by atoms with Crippen LogP contribution in [0.2, 0.25) is 0 Å². The van der Waals surface area contributed by atoms with Crippen LogP contribution in [0.15, 0.2) is 54.7 Å². The minimum Gasteiger partial charge on any atom is -0.345 e. The van der Waals surface area contributed by atoms with E-state index >= 15 is 8.78 Å². The summed E-state index contributed by atoms with van der Waals surface area (Å²) in [7, 11) is 0. The summed E-state index contributed by atoms with van der Waals surface area (Å²) in [6.45, 7) is 0. The van der Waals surface area contributed by atoms with Crippen LogP contribution in [0.3, 0.4) is 0 Å². The molecule has 9 heteroatoms. The summed E-state index contributed by atoms with van der Waals surface area (Å²) in [4.78, 5) is 22.2. The molecule has 2 aliphatic carbocycles. The van der Waals surface area contributed by atoms with Crippen LogP contribution in [0.25, 0.3) is 0 Å². The molecule has 0 spiro atoms. The average Bonchev–Trinajstić information content (AvgIpc) is 2.98. The van der Waals surface area contributed by atoms with Gasteiger partial charge in [-0.1, -0.05) is 24.3 Å². The van der Waals surface area contributed by atoms with E-state index in [1.54, 1.807) is 12.1 Å². The second-order valence-corrected chi connectivity index (χ2v) is 9.60. The summed E-state index contributed by atoms with van der Waals surface area (Å²) in [5.41, 5.74) is -1.39. The first-order valence-electron chi connectivity index (χ1n) is 11.7. The summed E-state index contributed by atoms with van der Waals surface area (Å²) in [5.74, 6) is -1.68. The highest BCUT2D eigenvalue weighted by molar-refractivity contribution is 5.99. The third-order valence-corrected chi connectivity index (χ3v) is 7.73. The van der Waals surface area contributed by atoms with Crippen molar-refractivity contribution < 1.29 is 22.4 Å². The number of nitrogens with zero attached hydrogens (tertiary/aromatic N) is 3. The van der Waals surface area contributed by atoms with Crippen molar-refractivity contribution in [3.05, 3.63) is 88.7 Å². The fourth-order valence-corrected chi connectivity index (χ4v) is 5.56. The zero-order valence-electron chi connectivity index (χ0n) is 18.7. The molecule has 1 aliphatic heterocycles. The van der Waals surface area contributed by atoms with Crippen LogP contribution in [-0.4, -0.2) is 20.8 Å². The summed E-state index contributed by atoms with van der Waals surface area (Å²) < 4.78 is 58.7. The van der Waals surface area contributed by atoms with Crippen molar-refractivity contribution in [3.8, 4) is 0 Å². The van der Waals surface area contributed by atoms with Gasteiger partial charge < -0.3 is 5.32 Å². The van der Waals surface area contributed by atoms with Crippen LogP contribution in [-0.2, 0) is 17.1 Å². The van der Waals surface area contributed by atoms with Crippen LogP contribution >= 0.6 is 0 Å². The number of hydrogen-bond donors (Lipinski definition) is 1. The zero-order chi connectivity index (χ0) is 24.4. The minimum absolute atomic E-state index is 0.00783. The van der Waals surface area contributed by atoms with E-state index in [1.807, 2.05) is 0 Å². The van der Waals surface area contributed by atoms with E-state index in [4.69, 9.17) is 0 Å². The fraction of sp³-hybridized carbons (Fsp3) is 0.346.